The summed E-state index contributed by atoms with van der Waals surface area (Å²) >= 11 is 0. The lowest BCUT2D eigenvalue weighted by atomic mass is 10.0. The van der Waals surface area contributed by atoms with Crippen molar-refractivity contribution in [2.45, 2.75) is 50.8 Å². The van der Waals surface area contributed by atoms with Crippen molar-refractivity contribution in [3.8, 4) is 0 Å². The van der Waals surface area contributed by atoms with E-state index >= 15 is 0 Å². The van der Waals surface area contributed by atoms with Gasteiger partial charge in [0.2, 0.25) is 0 Å². The third kappa shape index (κ3) is 2.30. The highest BCUT2D eigenvalue weighted by Crippen LogP contribution is 2.25. The predicted molar refractivity (Wildman–Crippen MR) is 47.7 cm³/mol. The molecule has 0 spiro atoms. The van der Waals surface area contributed by atoms with E-state index in [1.165, 1.54) is 13.8 Å². The first-order valence-electron chi connectivity index (χ1n) is 4.62. The fourth-order valence-electron chi connectivity index (χ4n) is 1.63. The van der Waals surface area contributed by atoms with E-state index in [0.717, 1.165) is 0 Å². The van der Waals surface area contributed by atoms with Crippen molar-refractivity contribution in [3.05, 3.63) is 0 Å². The minimum Gasteiger partial charge on any atom is -0.391 e. The lowest BCUT2D eigenvalue weighted by molar-refractivity contribution is -0.122. The summed E-state index contributed by atoms with van der Waals surface area (Å²) in [5.74, 6) is -0.118. The number of hydrogen-bond acceptors (Lipinski definition) is 5. The van der Waals surface area contributed by atoms with Gasteiger partial charge in [0, 0.05) is 6.42 Å². The highest BCUT2D eigenvalue weighted by Gasteiger charge is 2.44. The fraction of sp³-hybridized carbons (Fsp3) is 0.889. The van der Waals surface area contributed by atoms with Gasteiger partial charge in [-0.25, -0.2) is 0 Å². The maximum atomic E-state index is 10.8. The van der Waals surface area contributed by atoms with Gasteiger partial charge in [-0.3, -0.25) is 4.79 Å². The largest absolute Gasteiger partial charge is 0.391 e. The van der Waals surface area contributed by atoms with Gasteiger partial charge in [-0.05, 0) is 13.8 Å². The topological polar surface area (TPSA) is 87.0 Å². The molecule has 0 aliphatic carbocycles. The number of carbonyl (C=O) groups is 1. The maximum Gasteiger partial charge on any atom is 0.132 e. The number of Topliss-reactive ketones (excluding diaryl/α,β-unsaturated/α-hetero) is 1. The lowest BCUT2D eigenvalue weighted by Gasteiger charge is -2.16. The summed E-state index contributed by atoms with van der Waals surface area (Å²) < 4.78 is 5.19. The van der Waals surface area contributed by atoms with Crippen LogP contribution in [0.25, 0.3) is 0 Å². The molecule has 0 aromatic heterocycles. The zero-order valence-electron chi connectivity index (χ0n) is 8.25. The number of rotatable bonds is 3. The van der Waals surface area contributed by atoms with Gasteiger partial charge in [-0.15, -0.1) is 0 Å². The standard InChI is InChI=1S/C9H16O5/c1-4(10)3-6-7(12)8(13)9(14-6)5(2)11/h5-9,11-13H,3H2,1-2H3/t5-,6+,7+,8-,9+/m1/s1. The molecule has 0 unspecified atom stereocenters. The van der Waals surface area contributed by atoms with Gasteiger partial charge in [-0.1, -0.05) is 0 Å². The normalized spacial score (nSPS) is 39.8. The molecule has 1 heterocycles. The summed E-state index contributed by atoms with van der Waals surface area (Å²) in [5.41, 5.74) is 0. The van der Waals surface area contributed by atoms with Gasteiger partial charge in [0.1, 0.15) is 24.1 Å². The number of hydrogen-bond donors (Lipinski definition) is 3. The molecule has 1 fully saturated rings. The lowest BCUT2D eigenvalue weighted by Crippen LogP contribution is -2.37. The van der Waals surface area contributed by atoms with E-state index in [0.29, 0.717) is 0 Å². The molecule has 1 saturated heterocycles. The number of aliphatic hydroxyl groups excluding tert-OH is 3. The Balaban J connectivity index is 2.62. The predicted octanol–water partition coefficient (Wildman–Crippen LogP) is -1.16. The summed E-state index contributed by atoms with van der Waals surface area (Å²) in [6.07, 6.45) is -4.55. The minimum atomic E-state index is -1.13. The molecule has 0 amide bonds. The van der Waals surface area contributed by atoms with Crippen LogP contribution < -0.4 is 0 Å². The SMILES string of the molecule is CC(=O)C[C@@H]1O[C@@H]([C@@H](C)O)[C@H](O)[C@H]1O. The molecule has 0 aromatic carbocycles. The number of aliphatic hydroxyl groups is 3. The Hall–Kier alpha value is -0.490. The summed E-state index contributed by atoms with van der Waals surface area (Å²) in [4.78, 5) is 10.8. The Kier molecular flexibility index (Phi) is 3.60. The van der Waals surface area contributed by atoms with Gasteiger partial charge in [0.05, 0.1) is 12.2 Å². The van der Waals surface area contributed by atoms with Crippen molar-refractivity contribution >= 4 is 5.78 Å². The van der Waals surface area contributed by atoms with E-state index in [1.807, 2.05) is 0 Å². The van der Waals surface area contributed by atoms with E-state index in [1.54, 1.807) is 0 Å². The van der Waals surface area contributed by atoms with Crippen molar-refractivity contribution in [2.24, 2.45) is 0 Å². The molecule has 14 heavy (non-hydrogen) atoms. The van der Waals surface area contributed by atoms with Crippen molar-refractivity contribution in [1.82, 2.24) is 0 Å². The summed E-state index contributed by atoms with van der Waals surface area (Å²) in [7, 11) is 0. The van der Waals surface area contributed by atoms with Crippen molar-refractivity contribution < 1.29 is 24.9 Å². The zero-order chi connectivity index (χ0) is 10.9. The van der Waals surface area contributed by atoms with E-state index in [2.05, 4.69) is 0 Å². The van der Waals surface area contributed by atoms with Gasteiger partial charge < -0.3 is 20.1 Å². The number of ether oxygens (including phenoxy) is 1. The van der Waals surface area contributed by atoms with E-state index in [4.69, 9.17) is 4.74 Å². The van der Waals surface area contributed by atoms with Gasteiger partial charge in [0.15, 0.2) is 0 Å². The Labute approximate surface area is 82.3 Å². The van der Waals surface area contributed by atoms with Crippen molar-refractivity contribution in [2.75, 3.05) is 0 Å². The molecule has 1 rings (SSSR count). The van der Waals surface area contributed by atoms with Crippen LogP contribution >= 0.6 is 0 Å². The van der Waals surface area contributed by atoms with Crippen LogP contribution in [0, 0.1) is 0 Å². The Bertz CT molecular complexity index is 215. The summed E-state index contributed by atoms with van der Waals surface area (Å²) in [6.45, 7) is 2.86. The number of ketones is 1. The van der Waals surface area contributed by atoms with Gasteiger partial charge >= 0.3 is 0 Å². The average molecular weight is 204 g/mol. The first-order valence-corrected chi connectivity index (χ1v) is 4.62. The van der Waals surface area contributed by atoms with Crippen LogP contribution in [-0.4, -0.2) is 51.6 Å². The van der Waals surface area contributed by atoms with E-state index in [-0.39, 0.29) is 12.2 Å². The molecule has 3 N–H and O–H groups in total. The highest BCUT2D eigenvalue weighted by molar-refractivity contribution is 5.76. The summed E-state index contributed by atoms with van der Waals surface area (Å²) in [5, 5.41) is 28.2. The van der Waals surface area contributed by atoms with Crippen LogP contribution in [0.5, 0.6) is 0 Å². The highest BCUT2D eigenvalue weighted by atomic mass is 16.6. The molecule has 0 aromatic rings. The second-order valence-electron chi connectivity index (χ2n) is 3.77. The quantitative estimate of drug-likeness (QED) is 0.539. The van der Waals surface area contributed by atoms with Gasteiger partial charge in [0.25, 0.3) is 0 Å². The molecular weight excluding hydrogens is 188 g/mol. The zero-order valence-corrected chi connectivity index (χ0v) is 8.25. The Morgan fingerprint density at radius 1 is 1.43 bits per heavy atom. The van der Waals surface area contributed by atoms with Crippen LogP contribution in [0.2, 0.25) is 0 Å². The Morgan fingerprint density at radius 2 is 2.00 bits per heavy atom. The summed E-state index contributed by atoms with van der Waals surface area (Å²) in [6, 6.07) is 0. The van der Waals surface area contributed by atoms with E-state index in [9.17, 15) is 20.1 Å². The molecule has 5 atom stereocenters. The molecular formula is C9H16O5. The molecule has 1 aliphatic heterocycles. The third-order valence-corrected chi connectivity index (χ3v) is 2.36. The maximum absolute atomic E-state index is 10.8. The molecule has 5 heteroatoms. The fourth-order valence-corrected chi connectivity index (χ4v) is 1.63. The first-order chi connectivity index (χ1) is 6.43. The molecule has 1 aliphatic rings. The third-order valence-electron chi connectivity index (χ3n) is 2.36. The van der Waals surface area contributed by atoms with E-state index < -0.39 is 30.5 Å². The van der Waals surface area contributed by atoms with Gasteiger partial charge in [-0.2, -0.15) is 0 Å². The second-order valence-corrected chi connectivity index (χ2v) is 3.77. The van der Waals surface area contributed by atoms with Crippen molar-refractivity contribution in [1.29, 1.82) is 0 Å². The molecule has 0 bridgehead atoms. The molecule has 82 valence electrons. The second kappa shape index (κ2) is 4.35. The number of carbonyl (C=O) groups excluding carboxylic acids is 1. The molecule has 0 saturated carbocycles. The van der Waals surface area contributed by atoms with Crippen LogP contribution in [0.4, 0.5) is 0 Å². The van der Waals surface area contributed by atoms with Crippen molar-refractivity contribution in [3.63, 3.8) is 0 Å². The average Bonchev–Trinajstić information content (AvgIpc) is 2.32. The van der Waals surface area contributed by atoms with Crippen LogP contribution in [0.3, 0.4) is 0 Å². The molecule has 0 radical (unpaired) electrons. The van der Waals surface area contributed by atoms with Crippen LogP contribution in [-0.2, 0) is 9.53 Å². The monoisotopic (exact) mass is 204 g/mol. The van der Waals surface area contributed by atoms with Crippen LogP contribution in [0.1, 0.15) is 20.3 Å². The Morgan fingerprint density at radius 3 is 2.36 bits per heavy atom. The smallest absolute Gasteiger partial charge is 0.132 e. The van der Waals surface area contributed by atoms with Crippen LogP contribution in [0.15, 0.2) is 0 Å². The first kappa shape index (κ1) is 11.6. The molecule has 5 nitrogen and oxygen atoms in total. The minimum absolute atomic E-state index is 0.0570.